The number of aliphatic hydroxyl groups is 1. The van der Waals surface area contributed by atoms with Gasteiger partial charge in [0.2, 0.25) is 0 Å². The Morgan fingerprint density at radius 2 is 2.00 bits per heavy atom. The lowest BCUT2D eigenvalue weighted by atomic mass is 10.1. The Morgan fingerprint density at radius 3 is 2.27 bits per heavy atom. The highest BCUT2D eigenvalue weighted by molar-refractivity contribution is 5.41. The fourth-order valence-electron chi connectivity index (χ4n) is 0.565. The standard InChI is InChI=1S/C8H12N2O/c1-3-4-7(6(2)10)8(11)5-9/h3-5,11H,1-2,9-10H2/b7-4+,8-5+. The summed E-state index contributed by atoms with van der Waals surface area (Å²) >= 11 is 0. The van der Waals surface area contributed by atoms with E-state index in [1.54, 1.807) is 0 Å². The van der Waals surface area contributed by atoms with Crippen molar-refractivity contribution in [2.24, 2.45) is 11.5 Å². The maximum absolute atomic E-state index is 9.10. The van der Waals surface area contributed by atoms with E-state index >= 15 is 0 Å². The average Bonchev–Trinajstić information content (AvgIpc) is 1.98. The fourth-order valence-corrected chi connectivity index (χ4v) is 0.565. The van der Waals surface area contributed by atoms with E-state index in [1.165, 1.54) is 12.2 Å². The molecule has 0 aliphatic rings. The first-order valence-electron chi connectivity index (χ1n) is 3.02. The van der Waals surface area contributed by atoms with Crippen LogP contribution in [-0.2, 0) is 0 Å². The summed E-state index contributed by atoms with van der Waals surface area (Å²) in [7, 11) is 0. The van der Waals surface area contributed by atoms with E-state index in [0.29, 0.717) is 5.57 Å². The third-order valence-electron chi connectivity index (χ3n) is 1.06. The van der Waals surface area contributed by atoms with Gasteiger partial charge in [0.15, 0.2) is 0 Å². The predicted octanol–water partition coefficient (Wildman–Crippen LogP) is 0.929. The van der Waals surface area contributed by atoms with E-state index in [9.17, 15) is 0 Å². The molecule has 0 aromatic heterocycles. The fraction of sp³-hybridized carbons (Fsp3) is 0. The molecule has 0 aliphatic carbocycles. The molecule has 60 valence electrons. The van der Waals surface area contributed by atoms with E-state index in [2.05, 4.69) is 13.2 Å². The lowest BCUT2D eigenvalue weighted by molar-refractivity contribution is 0.423. The van der Waals surface area contributed by atoms with Crippen LogP contribution in [0.5, 0.6) is 0 Å². The second-order valence-electron chi connectivity index (χ2n) is 1.89. The molecule has 0 bridgehead atoms. The highest BCUT2D eigenvalue weighted by Gasteiger charge is 2.01. The molecule has 0 fully saturated rings. The van der Waals surface area contributed by atoms with E-state index in [0.717, 1.165) is 6.20 Å². The molecule has 0 aliphatic heterocycles. The van der Waals surface area contributed by atoms with Crippen LogP contribution in [0.15, 0.2) is 48.5 Å². The second kappa shape index (κ2) is 4.22. The third kappa shape index (κ3) is 2.62. The number of hydrogen-bond acceptors (Lipinski definition) is 3. The van der Waals surface area contributed by atoms with Crippen LogP contribution in [0.1, 0.15) is 0 Å². The summed E-state index contributed by atoms with van der Waals surface area (Å²) in [6.45, 7) is 6.90. The molecular weight excluding hydrogens is 140 g/mol. The van der Waals surface area contributed by atoms with Gasteiger partial charge in [-0.05, 0) is 6.08 Å². The molecule has 0 aromatic rings. The molecule has 0 saturated heterocycles. The maximum Gasteiger partial charge on any atom is 0.140 e. The van der Waals surface area contributed by atoms with Crippen molar-refractivity contribution in [1.82, 2.24) is 0 Å². The second-order valence-corrected chi connectivity index (χ2v) is 1.89. The van der Waals surface area contributed by atoms with Crippen molar-refractivity contribution in [1.29, 1.82) is 0 Å². The topological polar surface area (TPSA) is 72.3 Å². The molecule has 0 saturated carbocycles. The number of rotatable bonds is 3. The summed E-state index contributed by atoms with van der Waals surface area (Å²) in [5.41, 5.74) is 11.0. The molecule has 0 rings (SSSR count). The lowest BCUT2D eigenvalue weighted by Crippen LogP contribution is -2.03. The molecule has 0 heterocycles. The van der Waals surface area contributed by atoms with Gasteiger partial charge in [0, 0.05) is 17.5 Å². The van der Waals surface area contributed by atoms with Crippen LogP contribution in [0.4, 0.5) is 0 Å². The molecular formula is C8H12N2O. The van der Waals surface area contributed by atoms with Crippen LogP contribution in [0.3, 0.4) is 0 Å². The third-order valence-corrected chi connectivity index (χ3v) is 1.06. The van der Waals surface area contributed by atoms with E-state index < -0.39 is 0 Å². The zero-order valence-electron chi connectivity index (χ0n) is 6.25. The molecule has 3 nitrogen and oxygen atoms in total. The van der Waals surface area contributed by atoms with Crippen LogP contribution in [0.2, 0.25) is 0 Å². The average molecular weight is 152 g/mol. The van der Waals surface area contributed by atoms with Crippen molar-refractivity contribution >= 4 is 0 Å². The van der Waals surface area contributed by atoms with Gasteiger partial charge in [-0.25, -0.2) is 0 Å². The summed E-state index contributed by atoms with van der Waals surface area (Å²) in [4.78, 5) is 0. The van der Waals surface area contributed by atoms with Crippen molar-refractivity contribution in [3.63, 3.8) is 0 Å². The Morgan fingerprint density at radius 1 is 1.45 bits per heavy atom. The van der Waals surface area contributed by atoms with E-state index in [1.807, 2.05) is 0 Å². The lowest BCUT2D eigenvalue weighted by Gasteiger charge is -2.02. The number of allylic oxidation sites excluding steroid dienone is 2. The Labute approximate surface area is 66.0 Å². The monoisotopic (exact) mass is 152 g/mol. The van der Waals surface area contributed by atoms with Gasteiger partial charge in [-0.1, -0.05) is 19.2 Å². The summed E-state index contributed by atoms with van der Waals surface area (Å²) in [6, 6.07) is 0. The van der Waals surface area contributed by atoms with E-state index in [-0.39, 0.29) is 11.5 Å². The minimum atomic E-state index is -0.0996. The molecule has 0 radical (unpaired) electrons. The van der Waals surface area contributed by atoms with E-state index in [4.69, 9.17) is 16.6 Å². The van der Waals surface area contributed by atoms with Gasteiger partial charge in [0.1, 0.15) is 5.76 Å². The Bertz CT molecular complexity index is 226. The molecule has 11 heavy (non-hydrogen) atoms. The number of nitrogens with two attached hydrogens (primary N) is 2. The van der Waals surface area contributed by atoms with Gasteiger partial charge >= 0.3 is 0 Å². The van der Waals surface area contributed by atoms with Gasteiger partial charge in [-0.3, -0.25) is 0 Å². The number of aliphatic hydroxyl groups excluding tert-OH is 1. The molecule has 3 heteroatoms. The Kier molecular flexibility index (Phi) is 3.59. The van der Waals surface area contributed by atoms with Crippen LogP contribution < -0.4 is 11.5 Å². The molecule has 0 unspecified atom stereocenters. The van der Waals surface area contributed by atoms with Gasteiger partial charge < -0.3 is 16.6 Å². The Balaban J connectivity index is 4.76. The summed E-state index contributed by atoms with van der Waals surface area (Å²) in [5.74, 6) is -0.0996. The summed E-state index contributed by atoms with van der Waals surface area (Å²) in [6.07, 6.45) is 4.07. The molecule has 0 spiro atoms. The zero-order valence-corrected chi connectivity index (χ0v) is 6.25. The van der Waals surface area contributed by atoms with Crippen molar-refractivity contribution in [2.45, 2.75) is 0 Å². The summed E-state index contributed by atoms with van der Waals surface area (Å²) in [5, 5.41) is 9.10. The minimum Gasteiger partial charge on any atom is -0.506 e. The normalized spacial score (nSPS) is 12.7. The van der Waals surface area contributed by atoms with Gasteiger partial charge in [0.25, 0.3) is 0 Å². The van der Waals surface area contributed by atoms with Gasteiger partial charge in [-0.2, -0.15) is 0 Å². The number of hydrogen-bond donors (Lipinski definition) is 3. The molecule has 0 atom stereocenters. The Hall–Kier alpha value is -1.64. The minimum absolute atomic E-state index is 0.0996. The first-order chi connectivity index (χ1) is 5.13. The SMILES string of the molecule is C=C/C=C(C(=C)N)/C(O)=C\N. The first kappa shape index (κ1) is 9.36. The molecule has 5 N–H and O–H groups in total. The quantitative estimate of drug-likeness (QED) is 0.416. The van der Waals surface area contributed by atoms with Crippen molar-refractivity contribution in [3.05, 3.63) is 48.5 Å². The molecule has 0 aromatic carbocycles. The first-order valence-corrected chi connectivity index (χ1v) is 3.02. The maximum atomic E-state index is 9.10. The van der Waals surface area contributed by atoms with Crippen LogP contribution in [0, 0.1) is 0 Å². The zero-order chi connectivity index (χ0) is 8.85. The van der Waals surface area contributed by atoms with Crippen LogP contribution >= 0.6 is 0 Å². The van der Waals surface area contributed by atoms with Crippen molar-refractivity contribution in [2.75, 3.05) is 0 Å². The smallest absolute Gasteiger partial charge is 0.140 e. The predicted molar refractivity (Wildman–Crippen MR) is 46.5 cm³/mol. The molecule has 0 amide bonds. The van der Waals surface area contributed by atoms with Crippen LogP contribution in [0.25, 0.3) is 0 Å². The van der Waals surface area contributed by atoms with Gasteiger partial charge in [0.05, 0.1) is 0 Å². The summed E-state index contributed by atoms with van der Waals surface area (Å²) < 4.78 is 0. The largest absolute Gasteiger partial charge is 0.506 e. The van der Waals surface area contributed by atoms with Crippen molar-refractivity contribution < 1.29 is 5.11 Å². The van der Waals surface area contributed by atoms with Gasteiger partial charge in [-0.15, -0.1) is 0 Å². The highest BCUT2D eigenvalue weighted by atomic mass is 16.3. The van der Waals surface area contributed by atoms with Crippen molar-refractivity contribution in [3.8, 4) is 0 Å². The van der Waals surface area contributed by atoms with Crippen LogP contribution in [-0.4, -0.2) is 5.11 Å². The highest BCUT2D eigenvalue weighted by Crippen LogP contribution is 2.10.